The van der Waals surface area contributed by atoms with Gasteiger partial charge in [0.05, 0.1) is 6.61 Å². The predicted octanol–water partition coefficient (Wildman–Crippen LogP) is 4.06. The van der Waals surface area contributed by atoms with Crippen LogP contribution in [0.1, 0.15) is 38.8 Å². The van der Waals surface area contributed by atoms with Crippen molar-refractivity contribution < 1.29 is 4.74 Å². The monoisotopic (exact) mass is 427 g/mol. The highest BCUT2D eigenvalue weighted by molar-refractivity contribution is 8.14. The Morgan fingerprint density at radius 1 is 1.43 bits per heavy atom. The summed E-state index contributed by atoms with van der Waals surface area (Å²) in [6.45, 7) is 17.7. The maximum Gasteiger partial charge on any atom is 0.175 e. The number of fused-ring (bicyclic) bond motifs is 1. The topological polar surface area (TPSA) is 75.2 Å². The Morgan fingerprint density at radius 3 is 2.87 bits per heavy atom. The van der Waals surface area contributed by atoms with E-state index in [4.69, 9.17) is 15.5 Å². The van der Waals surface area contributed by atoms with Gasteiger partial charge in [0.25, 0.3) is 0 Å². The minimum Gasteiger partial charge on any atom is -0.493 e. The van der Waals surface area contributed by atoms with Crippen molar-refractivity contribution in [2.75, 3.05) is 26.2 Å². The number of amidine groups is 2. The average Bonchev–Trinajstić information content (AvgIpc) is 3.23. The van der Waals surface area contributed by atoms with Crippen LogP contribution < -0.4 is 15.8 Å². The van der Waals surface area contributed by atoms with Crippen molar-refractivity contribution >= 4 is 22.8 Å². The van der Waals surface area contributed by atoms with Crippen LogP contribution in [0, 0.1) is 12.3 Å². The molecule has 162 valence electrons. The van der Waals surface area contributed by atoms with Crippen LogP contribution in [0.2, 0.25) is 0 Å². The van der Waals surface area contributed by atoms with Crippen molar-refractivity contribution in [1.29, 1.82) is 0 Å². The number of ether oxygens (including phenoxy) is 1. The average molecular weight is 428 g/mol. The Kier molecular flexibility index (Phi) is 6.93. The number of hydrogen-bond acceptors (Lipinski definition) is 6. The number of hydrogen-bond donors (Lipinski definition) is 2. The van der Waals surface area contributed by atoms with Gasteiger partial charge in [-0.1, -0.05) is 39.1 Å². The zero-order valence-electron chi connectivity index (χ0n) is 18.7. The molecular weight excluding hydrogens is 394 g/mol. The highest BCUT2D eigenvalue weighted by atomic mass is 32.2. The Morgan fingerprint density at radius 2 is 2.20 bits per heavy atom. The van der Waals surface area contributed by atoms with Crippen LogP contribution in [-0.4, -0.2) is 42.1 Å². The normalized spacial score (nSPS) is 19.0. The first kappa shape index (κ1) is 22.4. The number of aryl methyl sites for hydroxylation is 1. The fraction of sp³-hybridized carbons (Fsp3) is 0.478. The number of aliphatic imine (C=N–C) groups is 2. The van der Waals surface area contributed by atoms with E-state index in [0.29, 0.717) is 5.70 Å². The van der Waals surface area contributed by atoms with Crippen LogP contribution >= 0.6 is 11.8 Å². The molecule has 3 N–H and O–H groups in total. The first-order chi connectivity index (χ1) is 14.2. The molecule has 0 bridgehead atoms. The van der Waals surface area contributed by atoms with Gasteiger partial charge in [-0.2, -0.15) is 0 Å². The van der Waals surface area contributed by atoms with E-state index in [1.165, 1.54) is 16.0 Å². The summed E-state index contributed by atoms with van der Waals surface area (Å²) in [7, 11) is 0. The second kappa shape index (κ2) is 9.27. The number of rotatable bonds is 6. The largest absolute Gasteiger partial charge is 0.493 e. The molecule has 0 spiro atoms. The van der Waals surface area contributed by atoms with E-state index in [1.54, 1.807) is 18.0 Å². The summed E-state index contributed by atoms with van der Waals surface area (Å²) in [6, 6.07) is 4.35. The number of nitrogens with one attached hydrogen (secondary N) is 1. The van der Waals surface area contributed by atoms with E-state index in [-0.39, 0.29) is 5.41 Å². The van der Waals surface area contributed by atoms with Crippen molar-refractivity contribution in [3.05, 3.63) is 47.4 Å². The summed E-state index contributed by atoms with van der Waals surface area (Å²) in [5.74, 6) is 1.76. The van der Waals surface area contributed by atoms with Crippen molar-refractivity contribution in [3.8, 4) is 5.75 Å². The molecule has 0 aliphatic carbocycles. The van der Waals surface area contributed by atoms with Gasteiger partial charge in [-0.15, -0.1) is 0 Å². The molecule has 0 aromatic heterocycles. The summed E-state index contributed by atoms with van der Waals surface area (Å²) in [4.78, 5) is 12.7. The summed E-state index contributed by atoms with van der Waals surface area (Å²) >= 11 is 1.65. The van der Waals surface area contributed by atoms with Gasteiger partial charge in [0.15, 0.2) is 11.0 Å². The molecule has 0 saturated heterocycles. The van der Waals surface area contributed by atoms with Gasteiger partial charge in [0.1, 0.15) is 11.4 Å². The fourth-order valence-corrected chi connectivity index (χ4v) is 4.40. The minimum atomic E-state index is 0.233. The summed E-state index contributed by atoms with van der Waals surface area (Å²) < 4.78 is 5.70. The Balaban J connectivity index is 1.85. The molecule has 30 heavy (non-hydrogen) atoms. The summed E-state index contributed by atoms with van der Waals surface area (Å²) in [6.07, 6.45) is 2.50. The van der Waals surface area contributed by atoms with E-state index >= 15 is 0 Å². The van der Waals surface area contributed by atoms with E-state index < -0.39 is 0 Å². The van der Waals surface area contributed by atoms with E-state index in [0.717, 1.165) is 55.1 Å². The van der Waals surface area contributed by atoms with Gasteiger partial charge in [-0.25, -0.2) is 9.98 Å². The zero-order valence-corrected chi connectivity index (χ0v) is 19.5. The third-order valence-electron chi connectivity index (χ3n) is 4.85. The van der Waals surface area contributed by atoms with Crippen molar-refractivity contribution in [2.45, 2.75) is 45.9 Å². The van der Waals surface area contributed by atoms with Gasteiger partial charge in [-0.05, 0) is 42.5 Å². The number of thioether (sulfide) groups is 1. The van der Waals surface area contributed by atoms with Crippen molar-refractivity contribution in [3.63, 3.8) is 0 Å². The number of nitrogens with zero attached hydrogens (tertiary/aromatic N) is 3. The first-order valence-corrected chi connectivity index (χ1v) is 11.2. The quantitative estimate of drug-likeness (QED) is 0.670. The molecular formula is C23H33N5OS. The van der Waals surface area contributed by atoms with Crippen LogP contribution in [0.25, 0.3) is 0 Å². The van der Waals surface area contributed by atoms with E-state index in [1.807, 2.05) is 6.92 Å². The van der Waals surface area contributed by atoms with Crippen molar-refractivity contribution in [1.82, 2.24) is 10.2 Å². The highest BCUT2D eigenvalue weighted by Crippen LogP contribution is 2.36. The molecule has 2 heterocycles. The van der Waals surface area contributed by atoms with Gasteiger partial charge in [0.2, 0.25) is 0 Å². The molecule has 7 heteroatoms. The van der Waals surface area contributed by atoms with Crippen LogP contribution in [0.5, 0.6) is 5.75 Å². The van der Waals surface area contributed by atoms with Crippen LogP contribution in [-0.2, 0) is 6.42 Å². The lowest BCUT2D eigenvalue weighted by Gasteiger charge is -2.23. The lowest BCUT2D eigenvalue weighted by Crippen LogP contribution is -2.39. The van der Waals surface area contributed by atoms with Gasteiger partial charge < -0.3 is 20.7 Å². The molecule has 1 aromatic carbocycles. The lowest BCUT2D eigenvalue weighted by molar-refractivity contribution is 0.356. The molecule has 6 nitrogen and oxygen atoms in total. The molecule has 3 rings (SSSR count). The lowest BCUT2D eigenvalue weighted by atomic mass is 9.97. The third-order valence-corrected chi connectivity index (χ3v) is 6.00. The Bertz CT molecular complexity index is 907. The summed E-state index contributed by atoms with van der Waals surface area (Å²) in [5, 5.41) is 4.42. The summed E-state index contributed by atoms with van der Waals surface area (Å²) in [5.41, 5.74) is 10.2. The standard InChI is InChI=1S/C23H33N5OS/c1-7-26-21-20(16(3)24)27-22(28(21)10-9-25-14-23(4,5)6)30-19-13-17-8-11-29-18(17)12-15(19)2/h7,12-13,25H,1,8-11,14,24H2,2-6H3/b20-16-,26-21+. The Hall–Kier alpha value is -2.25. The first-order valence-electron chi connectivity index (χ1n) is 10.4. The number of allylic oxidation sites excluding steroid dienone is 1. The molecule has 0 fully saturated rings. The second-order valence-corrected chi connectivity index (χ2v) is 9.89. The molecule has 0 amide bonds. The van der Waals surface area contributed by atoms with Crippen LogP contribution in [0.3, 0.4) is 0 Å². The second-order valence-electron chi connectivity index (χ2n) is 8.88. The SMILES string of the molecule is C=C/N=C1\C(=C(/C)N)N=C(Sc2cc3c(cc2C)OCC3)N1CCNCC(C)(C)C. The fourth-order valence-electron chi connectivity index (χ4n) is 3.35. The molecule has 0 radical (unpaired) electrons. The number of benzene rings is 1. The van der Waals surface area contributed by atoms with Gasteiger partial charge in [0, 0.05) is 42.8 Å². The van der Waals surface area contributed by atoms with Crippen LogP contribution in [0.15, 0.2) is 51.2 Å². The van der Waals surface area contributed by atoms with Gasteiger partial charge in [-0.3, -0.25) is 0 Å². The molecule has 0 saturated carbocycles. The van der Waals surface area contributed by atoms with Crippen LogP contribution in [0.4, 0.5) is 0 Å². The van der Waals surface area contributed by atoms with Gasteiger partial charge >= 0.3 is 0 Å². The van der Waals surface area contributed by atoms with E-state index in [9.17, 15) is 0 Å². The molecule has 0 atom stereocenters. The Labute approximate surface area is 184 Å². The maximum absolute atomic E-state index is 6.14. The maximum atomic E-state index is 6.14. The smallest absolute Gasteiger partial charge is 0.175 e. The van der Waals surface area contributed by atoms with Crippen molar-refractivity contribution in [2.24, 2.45) is 21.1 Å². The predicted molar refractivity (Wildman–Crippen MR) is 127 cm³/mol. The minimum absolute atomic E-state index is 0.233. The highest BCUT2D eigenvalue weighted by Gasteiger charge is 2.30. The molecule has 1 aromatic rings. The number of nitrogens with two attached hydrogens (primary N) is 1. The molecule has 2 aliphatic rings. The molecule has 0 unspecified atom stereocenters. The molecule has 2 aliphatic heterocycles. The third kappa shape index (κ3) is 5.26. The van der Waals surface area contributed by atoms with E-state index in [2.05, 4.69) is 61.6 Å². The zero-order chi connectivity index (χ0) is 21.9.